The van der Waals surface area contributed by atoms with Crippen molar-refractivity contribution in [3.05, 3.63) is 41.7 Å². The van der Waals surface area contributed by atoms with Gasteiger partial charge in [0.1, 0.15) is 11.6 Å². The van der Waals surface area contributed by atoms with Crippen molar-refractivity contribution in [2.45, 2.75) is 19.0 Å². The molecule has 3 rings (SSSR count). The van der Waals surface area contributed by atoms with Gasteiger partial charge in [0.2, 0.25) is 5.95 Å². The lowest BCUT2D eigenvalue weighted by molar-refractivity contribution is -0.145. The van der Waals surface area contributed by atoms with Crippen LogP contribution in [0.5, 0.6) is 0 Å². The Balaban J connectivity index is 1.70. The molecule has 32 heavy (non-hydrogen) atoms. The number of carbonyl (C=O) groups is 3. The number of carboxylic acids is 2. The van der Waals surface area contributed by atoms with E-state index in [1.165, 1.54) is 12.1 Å². The molecule has 0 spiro atoms. The molecule has 1 amide bonds. The van der Waals surface area contributed by atoms with Crippen molar-refractivity contribution in [3.63, 3.8) is 0 Å². The molecule has 1 unspecified atom stereocenters. The maximum atomic E-state index is 12.3. The van der Waals surface area contributed by atoms with Crippen LogP contribution in [0.15, 0.2) is 30.5 Å². The Hall–Kier alpha value is -4.55. The Morgan fingerprint density at radius 3 is 2.41 bits per heavy atom. The molecule has 7 N–H and O–H groups in total. The van der Waals surface area contributed by atoms with Crippen LogP contribution in [-0.2, 0) is 16.1 Å². The van der Waals surface area contributed by atoms with E-state index in [9.17, 15) is 14.4 Å². The van der Waals surface area contributed by atoms with E-state index in [-0.39, 0.29) is 23.0 Å². The van der Waals surface area contributed by atoms with E-state index in [2.05, 4.69) is 25.3 Å². The van der Waals surface area contributed by atoms with Crippen LogP contribution in [0.1, 0.15) is 22.5 Å². The largest absolute Gasteiger partial charge is 0.481 e. The van der Waals surface area contributed by atoms with Crippen molar-refractivity contribution in [1.29, 1.82) is 0 Å². The fourth-order valence-corrected chi connectivity index (χ4v) is 2.88. The minimum absolute atomic E-state index is 0.00263. The summed E-state index contributed by atoms with van der Waals surface area (Å²) in [5, 5.41) is 20.0. The average Bonchev–Trinajstić information content (AvgIpc) is 2.72. The van der Waals surface area contributed by atoms with Gasteiger partial charge in [0.05, 0.1) is 24.9 Å². The molecule has 0 fully saturated rings. The number of rotatable bonds is 8. The maximum absolute atomic E-state index is 12.3. The van der Waals surface area contributed by atoms with Crippen molar-refractivity contribution >= 4 is 46.5 Å². The second kappa shape index (κ2) is 9.07. The van der Waals surface area contributed by atoms with Crippen molar-refractivity contribution in [1.82, 2.24) is 25.3 Å². The highest BCUT2D eigenvalue weighted by Gasteiger charge is 2.23. The third-order valence-electron chi connectivity index (χ3n) is 4.45. The lowest BCUT2D eigenvalue weighted by Gasteiger charge is -2.19. The van der Waals surface area contributed by atoms with Gasteiger partial charge in [-0.2, -0.15) is 9.97 Å². The van der Waals surface area contributed by atoms with E-state index < -0.39 is 30.3 Å². The van der Waals surface area contributed by atoms with Gasteiger partial charge in [-0.3, -0.25) is 9.59 Å². The fourth-order valence-electron chi connectivity index (χ4n) is 2.88. The lowest BCUT2D eigenvalue weighted by atomic mass is 10.1. The summed E-state index contributed by atoms with van der Waals surface area (Å²) in [5.41, 5.74) is 13.5. The highest BCUT2D eigenvalue weighted by atomic mass is 16.4. The number of hydrogen-bond donors (Lipinski definition) is 5. The zero-order valence-electron chi connectivity index (χ0n) is 16.9. The summed E-state index contributed by atoms with van der Waals surface area (Å²) in [6.45, 7) is 0.359. The number of nitrogens with two attached hydrogens (primary N) is 2. The first-order valence-corrected chi connectivity index (χ1v) is 9.25. The summed E-state index contributed by atoms with van der Waals surface area (Å²) in [6, 6.07) is 4.80. The van der Waals surface area contributed by atoms with E-state index in [0.717, 1.165) is 5.69 Å². The molecular weight excluding hydrogens is 420 g/mol. The number of hydrogen-bond acceptors (Lipinski definition) is 10. The number of aromatic nitrogens is 4. The standard InChI is InChI=1S/C19H20N8O5/c1-27(8-10-7-22-14-15(20)25-19(21)26-16(14)23-10)11-4-2-9(3-5-11)17(30)24-12(18(31)32)6-13(28)29/h2-5,7,12H,6,8H2,1H3,(H,24,30)(H,28,29)(H,31,32)(H4,20,21,23,25,26). The number of carboxylic acid groups (broad SMARTS) is 2. The quantitative estimate of drug-likeness (QED) is 0.310. The molecule has 3 aromatic rings. The van der Waals surface area contributed by atoms with E-state index >= 15 is 0 Å². The molecule has 2 aromatic heterocycles. The molecule has 13 nitrogen and oxygen atoms in total. The molecule has 166 valence electrons. The van der Waals surface area contributed by atoms with Crippen LogP contribution in [0.4, 0.5) is 17.5 Å². The van der Waals surface area contributed by atoms with Gasteiger partial charge in [0.25, 0.3) is 5.91 Å². The molecule has 13 heteroatoms. The number of nitrogen functional groups attached to an aromatic ring is 2. The van der Waals surface area contributed by atoms with Gasteiger partial charge in [-0.1, -0.05) is 0 Å². The molecule has 0 bridgehead atoms. The van der Waals surface area contributed by atoms with Crippen LogP contribution in [-0.4, -0.2) is 61.1 Å². The molecule has 0 aliphatic rings. The first-order valence-electron chi connectivity index (χ1n) is 9.25. The number of anilines is 3. The van der Waals surface area contributed by atoms with Crippen LogP contribution in [0.2, 0.25) is 0 Å². The molecule has 2 heterocycles. The number of amides is 1. The van der Waals surface area contributed by atoms with Crippen LogP contribution >= 0.6 is 0 Å². The number of nitrogens with one attached hydrogen (secondary N) is 1. The van der Waals surface area contributed by atoms with Gasteiger partial charge in [0.15, 0.2) is 11.5 Å². The third kappa shape index (κ3) is 5.13. The van der Waals surface area contributed by atoms with Gasteiger partial charge in [-0.05, 0) is 24.3 Å². The predicted octanol–water partition coefficient (Wildman–Crippen LogP) is -0.122. The molecule has 0 radical (unpaired) electrons. The first-order chi connectivity index (χ1) is 15.1. The normalized spacial score (nSPS) is 11.7. The second-order valence-electron chi connectivity index (χ2n) is 6.87. The zero-order chi connectivity index (χ0) is 23.4. The van der Waals surface area contributed by atoms with Gasteiger partial charge >= 0.3 is 11.9 Å². The second-order valence-corrected chi connectivity index (χ2v) is 6.87. The van der Waals surface area contributed by atoms with Crippen LogP contribution in [0.25, 0.3) is 11.2 Å². The summed E-state index contributed by atoms with van der Waals surface area (Å²) in [5.74, 6) is -3.31. The van der Waals surface area contributed by atoms with Gasteiger partial charge in [-0.25, -0.2) is 14.8 Å². The fraction of sp³-hybridized carbons (Fsp3) is 0.211. The Kier molecular flexibility index (Phi) is 6.28. The number of aliphatic carboxylic acids is 2. The number of benzene rings is 1. The minimum atomic E-state index is -1.53. The number of fused-ring (bicyclic) bond motifs is 1. The molecule has 0 saturated carbocycles. The van der Waals surface area contributed by atoms with E-state index in [1.54, 1.807) is 25.4 Å². The Labute approximate surface area is 181 Å². The predicted molar refractivity (Wildman–Crippen MR) is 114 cm³/mol. The summed E-state index contributed by atoms with van der Waals surface area (Å²) in [7, 11) is 1.80. The van der Waals surface area contributed by atoms with E-state index in [0.29, 0.717) is 17.8 Å². The van der Waals surface area contributed by atoms with Gasteiger partial charge in [0, 0.05) is 18.3 Å². The monoisotopic (exact) mass is 440 g/mol. The Morgan fingerprint density at radius 2 is 1.78 bits per heavy atom. The first kappa shape index (κ1) is 22.1. The zero-order valence-corrected chi connectivity index (χ0v) is 16.9. The summed E-state index contributed by atoms with van der Waals surface area (Å²) >= 11 is 0. The number of nitrogens with zero attached hydrogens (tertiary/aromatic N) is 5. The van der Waals surface area contributed by atoms with Crippen LogP contribution in [0, 0.1) is 0 Å². The Morgan fingerprint density at radius 1 is 1.09 bits per heavy atom. The van der Waals surface area contributed by atoms with Crippen molar-refractivity contribution < 1.29 is 24.6 Å². The molecular formula is C19H20N8O5. The van der Waals surface area contributed by atoms with E-state index in [1.807, 2.05) is 4.90 Å². The average molecular weight is 440 g/mol. The molecule has 0 saturated heterocycles. The maximum Gasteiger partial charge on any atom is 0.326 e. The van der Waals surface area contributed by atoms with E-state index in [4.69, 9.17) is 21.7 Å². The number of carbonyl (C=O) groups excluding carboxylic acids is 1. The van der Waals surface area contributed by atoms with Crippen molar-refractivity contribution in [2.75, 3.05) is 23.4 Å². The molecule has 1 atom stereocenters. The van der Waals surface area contributed by atoms with Crippen molar-refractivity contribution in [2.24, 2.45) is 0 Å². The highest BCUT2D eigenvalue weighted by molar-refractivity contribution is 5.97. The summed E-state index contributed by atoms with van der Waals surface area (Å²) in [4.78, 5) is 52.5. The topological polar surface area (TPSA) is 211 Å². The SMILES string of the molecule is CN(Cc1cnc2c(N)nc(N)nc2n1)c1ccc(C(=O)NC(CC(=O)O)C(=O)O)cc1. The molecule has 0 aliphatic heterocycles. The summed E-state index contributed by atoms with van der Waals surface area (Å²) in [6.07, 6.45) is 0.821. The van der Waals surface area contributed by atoms with Crippen molar-refractivity contribution in [3.8, 4) is 0 Å². The van der Waals surface area contributed by atoms with Crippen LogP contribution in [0.3, 0.4) is 0 Å². The van der Waals surface area contributed by atoms with Gasteiger partial charge < -0.3 is 31.9 Å². The highest BCUT2D eigenvalue weighted by Crippen LogP contribution is 2.18. The summed E-state index contributed by atoms with van der Waals surface area (Å²) < 4.78 is 0. The smallest absolute Gasteiger partial charge is 0.326 e. The molecule has 1 aromatic carbocycles. The van der Waals surface area contributed by atoms with Gasteiger partial charge in [-0.15, -0.1) is 0 Å². The minimum Gasteiger partial charge on any atom is -0.481 e. The molecule has 0 aliphatic carbocycles. The Bertz CT molecular complexity index is 1180. The third-order valence-corrected chi connectivity index (χ3v) is 4.45. The lowest BCUT2D eigenvalue weighted by Crippen LogP contribution is -2.42. The van der Waals surface area contributed by atoms with Crippen LogP contribution < -0.4 is 21.7 Å².